The fourth-order valence-corrected chi connectivity index (χ4v) is 5.64. The lowest BCUT2D eigenvalue weighted by molar-refractivity contribution is -0.173. The first-order valence-electron chi connectivity index (χ1n) is 8.65. The van der Waals surface area contributed by atoms with Gasteiger partial charge in [-0.15, -0.1) is 11.8 Å². The Labute approximate surface area is 180 Å². The number of carboxylic acid groups (broad SMARTS) is 1. The summed E-state index contributed by atoms with van der Waals surface area (Å²) in [6.45, 7) is -1.02. The van der Waals surface area contributed by atoms with E-state index >= 15 is 0 Å². The van der Waals surface area contributed by atoms with Crippen molar-refractivity contribution in [1.29, 1.82) is 0 Å². The van der Waals surface area contributed by atoms with Crippen LogP contribution in [0.3, 0.4) is 0 Å². The van der Waals surface area contributed by atoms with E-state index in [-0.39, 0.29) is 11.5 Å². The zero-order valence-electron chi connectivity index (χ0n) is 15.8. The van der Waals surface area contributed by atoms with E-state index in [1.807, 2.05) is 30.3 Å². The Morgan fingerprint density at radius 2 is 1.73 bits per heavy atom. The maximum absolute atomic E-state index is 14.1. The molecule has 0 fully saturated rings. The van der Waals surface area contributed by atoms with Crippen molar-refractivity contribution in [3.63, 3.8) is 0 Å². The highest BCUT2D eigenvalue weighted by atomic mass is 32.2. The molecule has 2 aromatic carbocycles. The van der Waals surface area contributed by atoms with Crippen LogP contribution < -0.4 is 10.1 Å². The van der Waals surface area contributed by atoms with E-state index in [0.29, 0.717) is 0 Å². The van der Waals surface area contributed by atoms with Gasteiger partial charge in [-0.25, -0.2) is 4.39 Å². The monoisotopic (exact) mass is 473 g/mol. The number of hydrogen-bond donors (Lipinski definition) is 2. The van der Waals surface area contributed by atoms with E-state index in [1.165, 1.54) is 11.8 Å². The Balaban J connectivity index is 2.03. The molecule has 1 unspecified atom stereocenters. The van der Waals surface area contributed by atoms with Crippen LogP contribution in [0.5, 0.6) is 5.75 Å². The molecule has 2 rings (SSSR count). The van der Waals surface area contributed by atoms with Crippen LogP contribution in [0.25, 0.3) is 0 Å². The van der Waals surface area contributed by atoms with Crippen molar-refractivity contribution in [2.75, 3.05) is 12.3 Å². The minimum Gasteiger partial charge on any atom is -0.480 e. The van der Waals surface area contributed by atoms with Crippen LogP contribution in [0.4, 0.5) is 13.2 Å². The van der Waals surface area contributed by atoms with E-state index < -0.39 is 34.7 Å². The third-order valence-electron chi connectivity index (χ3n) is 3.96. The van der Waals surface area contributed by atoms with Gasteiger partial charge in [0.25, 0.3) is 0 Å². The van der Waals surface area contributed by atoms with Gasteiger partial charge < -0.3 is 9.84 Å². The van der Waals surface area contributed by atoms with Gasteiger partial charge in [-0.05, 0) is 29.8 Å². The van der Waals surface area contributed by atoms with Gasteiger partial charge in [0.15, 0.2) is 0 Å². The number of aliphatic carboxylic acids is 1. The molecule has 4 nitrogen and oxygen atoms in total. The van der Waals surface area contributed by atoms with Gasteiger partial charge in [0.05, 0.1) is 0 Å². The van der Waals surface area contributed by atoms with Gasteiger partial charge in [0.1, 0.15) is 28.4 Å². The summed E-state index contributed by atoms with van der Waals surface area (Å²) in [5.74, 6) is -2.05. The number of benzene rings is 2. The van der Waals surface area contributed by atoms with Gasteiger partial charge in [-0.2, -0.15) is 8.78 Å². The Bertz CT molecular complexity index is 861. The molecule has 1 atom stereocenters. The van der Waals surface area contributed by atoms with E-state index in [1.54, 1.807) is 0 Å². The number of thioether (sulfide) groups is 1. The standard InChI is InChI=1S/C20H20F3NO3P2S/c1-28-20(29-2,14-6-4-3-5-7-14)30-12-17(18(25)26)24-13-19(22,23)27-16-10-8-15(21)9-11-16/h3-11,17,24H,1-2,12-13H2,(H,25,26). The van der Waals surface area contributed by atoms with Gasteiger partial charge in [-0.1, -0.05) is 59.3 Å². The average Bonchev–Trinajstić information content (AvgIpc) is 2.73. The molecule has 0 radical (unpaired) electrons. The Morgan fingerprint density at radius 1 is 1.13 bits per heavy atom. The number of alkyl halides is 2. The molecule has 0 bridgehead atoms. The fourth-order valence-electron chi connectivity index (χ4n) is 2.43. The molecule has 0 aliphatic rings. The minimum absolute atomic E-state index is 0.0158. The van der Waals surface area contributed by atoms with Crippen LogP contribution in [0, 0.1) is 5.82 Å². The second-order valence-corrected chi connectivity index (χ2v) is 10.2. The van der Waals surface area contributed by atoms with E-state index in [4.69, 9.17) is 0 Å². The van der Waals surface area contributed by atoms with Crippen molar-refractivity contribution in [3.05, 3.63) is 66.0 Å². The summed E-state index contributed by atoms with van der Waals surface area (Å²) < 4.78 is 45.1. The molecule has 0 amide bonds. The molecular weight excluding hydrogens is 453 g/mol. The molecule has 0 aromatic heterocycles. The zero-order valence-corrected chi connectivity index (χ0v) is 18.4. The number of halogens is 3. The summed E-state index contributed by atoms with van der Waals surface area (Å²) in [7, 11) is 1.44. The highest BCUT2D eigenvalue weighted by Gasteiger charge is 2.35. The fraction of sp³-hybridized carbons (Fsp3) is 0.250. The highest BCUT2D eigenvalue weighted by molar-refractivity contribution is 8.09. The zero-order chi connectivity index (χ0) is 22.2. The molecule has 10 heteroatoms. The topological polar surface area (TPSA) is 58.6 Å². The Morgan fingerprint density at radius 3 is 2.27 bits per heavy atom. The van der Waals surface area contributed by atoms with Crippen LogP contribution in [-0.4, -0.2) is 48.1 Å². The summed E-state index contributed by atoms with van der Waals surface area (Å²) in [5.41, 5.74) is 0.928. The molecular formula is C20H20F3NO3P2S. The smallest absolute Gasteiger partial charge is 0.410 e. The molecule has 2 N–H and O–H groups in total. The second kappa shape index (κ2) is 11.0. The van der Waals surface area contributed by atoms with E-state index in [0.717, 1.165) is 46.2 Å². The first-order valence-corrected chi connectivity index (χ1v) is 11.8. The molecule has 0 heterocycles. The van der Waals surface area contributed by atoms with Gasteiger partial charge in [-0.3, -0.25) is 10.1 Å². The highest BCUT2D eigenvalue weighted by Crippen LogP contribution is 2.53. The molecule has 160 valence electrons. The first-order chi connectivity index (χ1) is 14.2. The number of ether oxygens (including phenoxy) is 1. The number of rotatable bonds is 12. The van der Waals surface area contributed by atoms with Crippen molar-refractivity contribution in [1.82, 2.24) is 5.32 Å². The van der Waals surface area contributed by atoms with Crippen LogP contribution in [0.15, 0.2) is 54.6 Å². The summed E-state index contributed by atoms with van der Waals surface area (Å²) in [6, 6.07) is 12.3. The number of carboxylic acids is 1. The third kappa shape index (κ3) is 6.85. The van der Waals surface area contributed by atoms with Crippen LogP contribution in [0.2, 0.25) is 0 Å². The second-order valence-electron chi connectivity index (χ2n) is 6.07. The Hall–Kier alpha value is -1.85. The van der Waals surface area contributed by atoms with Crippen LogP contribution in [0.1, 0.15) is 5.56 Å². The van der Waals surface area contributed by atoms with Crippen molar-refractivity contribution >= 4 is 46.7 Å². The predicted molar refractivity (Wildman–Crippen MR) is 120 cm³/mol. The van der Waals surface area contributed by atoms with Crippen LogP contribution in [-0.2, 0) is 9.02 Å². The molecule has 2 aromatic rings. The molecule has 0 saturated heterocycles. The average molecular weight is 473 g/mol. The van der Waals surface area contributed by atoms with Gasteiger partial charge >= 0.3 is 12.1 Å². The van der Waals surface area contributed by atoms with E-state index in [2.05, 4.69) is 22.7 Å². The third-order valence-corrected chi connectivity index (χ3v) is 8.87. The van der Waals surface area contributed by atoms with Gasteiger partial charge in [0, 0.05) is 5.75 Å². The van der Waals surface area contributed by atoms with Crippen molar-refractivity contribution < 1.29 is 27.8 Å². The number of nitrogens with one attached hydrogen (secondary N) is 1. The summed E-state index contributed by atoms with van der Waals surface area (Å²) in [4.78, 5) is 11.6. The van der Waals surface area contributed by atoms with Crippen LogP contribution >= 0.6 is 28.2 Å². The molecule has 0 saturated carbocycles. The molecule has 30 heavy (non-hydrogen) atoms. The van der Waals surface area contributed by atoms with Crippen molar-refractivity contribution in [3.8, 4) is 5.75 Å². The lowest BCUT2D eigenvalue weighted by Crippen LogP contribution is -2.47. The Kier molecular flexibility index (Phi) is 8.92. The SMILES string of the molecule is C=PC(P=C)(SCC(NCC(F)(F)Oc1ccc(F)cc1)C(=O)O)c1ccccc1. The quantitative estimate of drug-likeness (QED) is 0.418. The van der Waals surface area contributed by atoms with Crippen molar-refractivity contribution in [2.45, 2.75) is 16.4 Å². The van der Waals surface area contributed by atoms with E-state index in [9.17, 15) is 23.1 Å². The van der Waals surface area contributed by atoms with Crippen molar-refractivity contribution in [2.24, 2.45) is 0 Å². The first kappa shape index (κ1) is 24.4. The minimum atomic E-state index is -3.68. The normalized spacial score (nSPS) is 14.9. The lowest BCUT2D eigenvalue weighted by Gasteiger charge is -2.27. The summed E-state index contributed by atoms with van der Waals surface area (Å²) >= 11 is 1.29. The summed E-state index contributed by atoms with van der Waals surface area (Å²) in [6.07, 6.45) is 4.19. The largest absolute Gasteiger partial charge is 0.480 e. The summed E-state index contributed by atoms with van der Waals surface area (Å²) in [5, 5.41) is 11.8. The maximum Gasteiger partial charge on any atom is 0.410 e. The molecule has 0 spiro atoms. The lowest BCUT2D eigenvalue weighted by atomic mass is 10.2. The molecule has 0 aliphatic carbocycles. The molecule has 0 aliphatic heterocycles. The van der Waals surface area contributed by atoms with Gasteiger partial charge in [0.2, 0.25) is 0 Å². The number of hydrogen-bond acceptors (Lipinski definition) is 4. The number of carbonyl (C=O) groups is 1. The predicted octanol–water partition coefficient (Wildman–Crippen LogP) is 5.14. The maximum atomic E-state index is 14.1.